The topological polar surface area (TPSA) is 244 Å². The van der Waals surface area contributed by atoms with Crippen molar-refractivity contribution in [3.05, 3.63) is 66.2 Å². The van der Waals surface area contributed by atoms with E-state index in [9.17, 15) is 39.9 Å². The number of cyclic esters (lactones) is 1. The summed E-state index contributed by atoms with van der Waals surface area (Å²) in [5.41, 5.74) is -1.62. The minimum absolute atomic E-state index is 0.0787. The Morgan fingerprint density at radius 2 is 1.65 bits per heavy atom. The molecule has 3 fully saturated rings. The van der Waals surface area contributed by atoms with Crippen LogP contribution in [0.4, 0.5) is 4.39 Å². The van der Waals surface area contributed by atoms with Gasteiger partial charge in [-0.1, -0.05) is 50.3 Å². The van der Waals surface area contributed by atoms with Crippen LogP contribution in [0.5, 0.6) is 0 Å². The maximum atomic E-state index is 14.9. The predicted molar refractivity (Wildman–Crippen MR) is 281 cm³/mol. The number of carbonyl (C=O) groups excluding carboxylic acids is 1. The quantitative estimate of drug-likeness (QED) is 0.0669. The Bertz CT molecular complexity index is 2330. The van der Waals surface area contributed by atoms with Crippen molar-refractivity contribution in [1.82, 2.24) is 24.8 Å². The molecule has 2 aromatic heterocycles. The number of nitrogens with zero attached hydrogens (tertiary/aromatic N) is 6. The number of ether oxygens (including phenoxy) is 7. The van der Waals surface area contributed by atoms with E-state index >= 15 is 0 Å². The SMILES string of the molecule is CC[C@H]1OC(=O)[C@H](C)[C@@H](O[C@H]2C[C@@](C)(OC)[C@@H](O)[C@H](C)O2)[C@H](C)[C@@H](O[C@@H]2O[C@H](C)C[C@H](N(C)CCc3cn([C@H](CF)[C@H](OC)c4ccc(-c5ccc[n+](O)c5)cc4)nn3)[C@H]2O)[C@](C)(O)C[C@@H](C)CN(C)[C@H](C)[C@@H](O)[C@]1(C)O. The summed E-state index contributed by atoms with van der Waals surface area (Å²) in [6.45, 7) is 17.4. The van der Waals surface area contributed by atoms with Crippen molar-refractivity contribution in [3.8, 4) is 11.1 Å². The summed E-state index contributed by atoms with van der Waals surface area (Å²) in [6.07, 6.45) is -5.05. The Balaban J connectivity index is 1.25. The molecule has 6 rings (SSSR count). The Morgan fingerprint density at radius 3 is 2.27 bits per heavy atom. The lowest BCUT2D eigenvalue weighted by atomic mass is 9.77. The summed E-state index contributed by atoms with van der Waals surface area (Å²) in [6, 6.07) is 9.16. The fraction of sp³-hybridized carbons (Fsp3) is 0.750. The minimum Gasteiger partial charge on any atom is -0.459 e. The molecule has 0 bridgehead atoms. The number of aromatic nitrogens is 4. The summed E-state index contributed by atoms with van der Waals surface area (Å²) >= 11 is 0. The highest BCUT2D eigenvalue weighted by Crippen LogP contribution is 2.41. The Morgan fingerprint density at radius 1 is 0.961 bits per heavy atom. The van der Waals surface area contributed by atoms with E-state index in [2.05, 4.69) is 10.3 Å². The molecule has 0 aliphatic carbocycles. The molecule has 20 atom stereocenters. The minimum atomic E-state index is -1.86. The van der Waals surface area contributed by atoms with E-state index in [0.717, 1.165) is 21.4 Å². The first-order chi connectivity index (χ1) is 36.2. The number of carbonyl (C=O) groups is 1. The van der Waals surface area contributed by atoms with Crippen LogP contribution < -0.4 is 4.73 Å². The summed E-state index contributed by atoms with van der Waals surface area (Å²) in [4.78, 5) is 18.4. The van der Waals surface area contributed by atoms with E-state index in [4.69, 9.17) is 33.2 Å². The number of hydrogen-bond donors (Lipinski definition) is 6. The molecule has 0 unspecified atom stereocenters. The third-order valence-electron chi connectivity index (χ3n) is 16.8. The number of likely N-dealkylation sites (N-methyl/N-ethyl adjacent to an activating group) is 2. The molecule has 0 radical (unpaired) electrons. The molecule has 434 valence electrons. The van der Waals surface area contributed by atoms with Crippen molar-refractivity contribution < 1.29 is 77.8 Å². The number of aliphatic hydroxyl groups excluding tert-OH is 3. The molecule has 77 heavy (non-hydrogen) atoms. The number of halogens is 1. The summed E-state index contributed by atoms with van der Waals surface area (Å²) in [5.74, 6) is -2.90. The monoisotopic (exact) mass is 1090 g/mol. The molecule has 0 saturated carbocycles. The van der Waals surface area contributed by atoms with Crippen LogP contribution in [0.15, 0.2) is 55.0 Å². The maximum absolute atomic E-state index is 14.9. The molecule has 0 spiro atoms. The molecular weight excluding hydrogens is 1000 g/mol. The molecule has 0 amide bonds. The molecule has 3 aliphatic heterocycles. The molecular formula is C56H90FN6O14+. The Labute approximate surface area is 454 Å². The normalized spacial score (nSPS) is 38.1. The first-order valence-corrected chi connectivity index (χ1v) is 27.3. The zero-order valence-corrected chi connectivity index (χ0v) is 47.7. The number of pyridine rings is 1. The highest BCUT2D eigenvalue weighted by molar-refractivity contribution is 5.73. The second-order valence-corrected chi connectivity index (χ2v) is 23.1. The van der Waals surface area contributed by atoms with E-state index in [-0.39, 0.29) is 25.2 Å². The van der Waals surface area contributed by atoms with Crippen LogP contribution in [0.2, 0.25) is 0 Å². The Hall–Kier alpha value is -3.81. The van der Waals surface area contributed by atoms with Gasteiger partial charge in [0.1, 0.15) is 48.8 Å². The zero-order valence-electron chi connectivity index (χ0n) is 47.7. The first kappa shape index (κ1) is 62.4. The van der Waals surface area contributed by atoms with Gasteiger partial charge in [0.25, 0.3) is 0 Å². The largest absolute Gasteiger partial charge is 0.459 e. The average Bonchev–Trinajstić information content (AvgIpc) is 3.86. The maximum Gasteiger partial charge on any atom is 0.311 e. The number of hydrogen-bond acceptors (Lipinski definition) is 18. The molecule has 3 saturated heterocycles. The summed E-state index contributed by atoms with van der Waals surface area (Å²) < 4.78 is 61.6. The molecule has 20 nitrogen and oxygen atoms in total. The molecule has 5 heterocycles. The van der Waals surface area contributed by atoms with Gasteiger partial charge in [0.15, 0.2) is 12.6 Å². The fourth-order valence-electron chi connectivity index (χ4n) is 12.0. The van der Waals surface area contributed by atoms with Crippen molar-refractivity contribution >= 4 is 5.97 Å². The third kappa shape index (κ3) is 14.4. The molecule has 3 aromatic rings. The van der Waals surface area contributed by atoms with E-state index < -0.39 is 127 Å². The van der Waals surface area contributed by atoms with Gasteiger partial charge in [0.2, 0.25) is 12.4 Å². The van der Waals surface area contributed by atoms with Crippen LogP contribution in [0, 0.1) is 17.8 Å². The van der Waals surface area contributed by atoms with Gasteiger partial charge < -0.3 is 68.5 Å². The van der Waals surface area contributed by atoms with Crippen molar-refractivity contribution in [2.75, 3.05) is 48.1 Å². The summed E-state index contributed by atoms with van der Waals surface area (Å²) in [7, 11) is 6.72. The summed E-state index contributed by atoms with van der Waals surface area (Å²) in [5, 5.41) is 78.5. The average molecular weight is 1090 g/mol. The van der Waals surface area contributed by atoms with Gasteiger partial charge in [-0.15, -0.1) is 5.10 Å². The number of aliphatic hydroxyl groups is 5. The van der Waals surface area contributed by atoms with Gasteiger partial charge >= 0.3 is 5.97 Å². The highest BCUT2D eigenvalue weighted by Gasteiger charge is 2.53. The standard InChI is InChI=1S/C56H90FN6O14/c1-15-44-56(10,69)49(65)36(6)61(12)29-32(2)26-54(8,68)51(34(4)47(35(5)52(67)75-44)76-45-27-55(9,72-14)50(66)37(7)74-45)77-53-46(64)42(25-33(3)73-53)60(11)24-22-41-31-63(59-58-41)43(28-57)48(71-13)39-20-18-38(19-21-39)40-17-16-23-62(70)30-40/h16-21,23,30-37,42-51,53,64-66,68-70H,15,22,24-29H2,1-14H3/q+1/t32-,33-,34+,35-,36-,37+,42+,43-,44-,45+,46-,47+,48-,49-,50+,51-,53+,54-,55-,56-/m1/s1. The zero-order chi connectivity index (χ0) is 56.9. The lowest BCUT2D eigenvalue weighted by Gasteiger charge is -2.49. The van der Waals surface area contributed by atoms with Crippen LogP contribution in [0.25, 0.3) is 11.1 Å². The second-order valence-electron chi connectivity index (χ2n) is 23.1. The first-order valence-electron chi connectivity index (χ1n) is 27.3. The van der Waals surface area contributed by atoms with Gasteiger partial charge in [0, 0.05) is 75.1 Å². The molecule has 21 heteroatoms. The molecule has 6 N–H and O–H groups in total. The van der Waals surface area contributed by atoms with Crippen molar-refractivity contribution in [1.29, 1.82) is 0 Å². The third-order valence-corrected chi connectivity index (χ3v) is 16.8. The number of esters is 1. The van der Waals surface area contributed by atoms with E-state index in [1.54, 1.807) is 66.9 Å². The van der Waals surface area contributed by atoms with E-state index in [0.29, 0.717) is 31.6 Å². The smallest absolute Gasteiger partial charge is 0.311 e. The molecule has 1 aromatic carbocycles. The van der Waals surface area contributed by atoms with Gasteiger partial charge in [-0.25, -0.2) is 9.07 Å². The van der Waals surface area contributed by atoms with E-state index in [1.165, 1.54) is 32.0 Å². The van der Waals surface area contributed by atoms with Crippen LogP contribution in [0.3, 0.4) is 0 Å². The van der Waals surface area contributed by atoms with Crippen LogP contribution in [-0.2, 0) is 44.4 Å². The van der Waals surface area contributed by atoms with Crippen molar-refractivity contribution in [2.24, 2.45) is 17.8 Å². The second kappa shape index (κ2) is 26.2. The van der Waals surface area contributed by atoms with Crippen molar-refractivity contribution in [3.63, 3.8) is 0 Å². The van der Waals surface area contributed by atoms with Gasteiger partial charge in [0.05, 0.1) is 52.8 Å². The van der Waals surface area contributed by atoms with Crippen LogP contribution in [-0.4, -0.2) is 200 Å². The van der Waals surface area contributed by atoms with E-state index in [1.807, 2.05) is 68.1 Å². The lowest BCUT2D eigenvalue weighted by Crippen LogP contribution is -2.61. The van der Waals surface area contributed by atoms with Crippen LogP contribution in [0.1, 0.15) is 118 Å². The predicted octanol–water partition coefficient (Wildman–Crippen LogP) is 4.20. The van der Waals surface area contributed by atoms with Crippen LogP contribution >= 0.6 is 0 Å². The lowest BCUT2D eigenvalue weighted by molar-refractivity contribution is -0.904. The Kier molecular flexibility index (Phi) is 21.2. The number of alkyl halides is 1. The molecule has 3 aliphatic rings. The van der Waals surface area contributed by atoms with Gasteiger partial charge in [-0.3, -0.25) is 10.0 Å². The van der Waals surface area contributed by atoms with Gasteiger partial charge in [-0.2, -0.15) is 0 Å². The van der Waals surface area contributed by atoms with Crippen molar-refractivity contribution in [2.45, 2.75) is 204 Å². The number of benzene rings is 1. The number of rotatable bonds is 16. The number of methoxy groups -OCH3 is 2. The van der Waals surface area contributed by atoms with Gasteiger partial charge in [-0.05, 0) is 105 Å². The fourth-order valence-corrected chi connectivity index (χ4v) is 12.0. The highest BCUT2D eigenvalue weighted by atomic mass is 19.1.